The maximum absolute atomic E-state index is 12.3. The van der Waals surface area contributed by atoms with Crippen LogP contribution in [0.2, 0.25) is 5.02 Å². The lowest BCUT2D eigenvalue weighted by molar-refractivity contribution is 0.0917. The minimum atomic E-state index is -0.224. The molecule has 2 aromatic heterocycles. The Kier molecular flexibility index (Phi) is 3.12. The van der Waals surface area contributed by atoms with Gasteiger partial charge in [-0.15, -0.1) is 0 Å². The molecule has 5 nitrogen and oxygen atoms in total. The van der Waals surface area contributed by atoms with Crippen molar-refractivity contribution in [3.05, 3.63) is 29.0 Å². The molecule has 2 saturated carbocycles. The van der Waals surface area contributed by atoms with Gasteiger partial charge in [0.15, 0.2) is 0 Å². The van der Waals surface area contributed by atoms with Crippen molar-refractivity contribution in [3.63, 3.8) is 0 Å². The fourth-order valence-electron chi connectivity index (χ4n) is 3.78. The fraction of sp³-hybridized carbons (Fsp3) is 0.467. The molecule has 0 aromatic carbocycles. The summed E-state index contributed by atoms with van der Waals surface area (Å²) in [7, 11) is 0. The molecule has 0 aliphatic heterocycles. The maximum Gasteiger partial charge on any atom is 0.268 e. The lowest BCUT2D eigenvalue weighted by Crippen LogP contribution is -2.46. The monoisotopic (exact) mass is 304 g/mol. The van der Waals surface area contributed by atoms with Crippen LogP contribution in [0.4, 0.5) is 0 Å². The van der Waals surface area contributed by atoms with Crippen LogP contribution in [-0.2, 0) is 0 Å². The molecule has 2 aromatic rings. The summed E-state index contributed by atoms with van der Waals surface area (Å²) in [5.41, 5.74) is 7.08. The first-order valence-corrected chi connectivity index (χ1v) is 7.77. The average molecular weight is 305 g/mol. The fourth-order valence-corrected chi connectivity index (χ4v) is 4.07. The van der Waals surface area contributed by atoms with E-state index in [1.54, 1.807) is 6.20 Å². The molecule has 2 heterocycles. The van der Waals surface area contributed by atoms with Crippen LogP contribution < -0.4 is 10.9 Å². The number of fused-ring (bicyclic) bond motifs is 3. The molecule has 21 heavy (non-hydrogen) atoms. The van der Waals surface area contributed by atoms with E-state index in [0.717, 1.165) is 17.7 Å². The Labute approximate surface area is 127 Å². The minimum absolute atomic E-state index is 0.224. The molecule has 2 fully saturated rings. The second-order valence-corrected chi connectivity index (χ2v) is 6.48. The van der Waals surface area contributed by atoms with Gasteiger partial charge in [0.2, 0.25) is 0 Å². The Hall–Kier alpha value is -1.59. The van der Waals surface area contributed by atoms with Crippen LogP contribution in [0, 0.1) is 11.8 Å². The molecule has 4 rings (SSSR count). The van der Waals surface area contributed by atoms with Crippen LogP contribution in [0.1, 0.15) is 36.0 Å². The molecule has 3 N–H and O–H groups in total. The van der Waals surface area contributed by atoms with E-state index in [4.69, 9.17) is 11.6 Å². The van der Waals surface area contributed by atoms with Crippen molar-refractivity contribution in [1.29, 1.82) is 0 Å². The third-order valence-corrected chi connectivity index (χ3v) is 5.28. The van der Waals surface area contributed by atoms with E-state index in [1.807, 2.05) is 6.07 Å². The molecule has 0 saturated heterocycles. The average Bonchev–Trinajstić information content (AvgIpc) is 3.20. The molecule has 3 atom stereocenters. The summed E-state index contributed by atoms with van der Waals surface area (Å²) in [5, 5.41) is 1.21. The van der Waals surface area contributed by atoms with Crippen LogP contribution in [0.3, 0.4) is 0 Å². The highest BCUT2D eigenvalue weighted by molar-refractivity contribution is 6.38. The van der Waals surface area contributed by atoms with E-state index in [-0.39, 0.29) is 5.91 Å². The molecule has 2 aliphatic carbocycles. The van der Waals surface area contributed by atoms with E-state index in [9.17, 15) is 4.79 Å². The number of aromatic amines is 1. The number of halogens is 1. The number of hydrazine groups is 1. The third kappa shape index (κ3) is 2.21. The highest BCUT2D eigenvalue weighted by Gasteiger charge is 2.39. The van der Waals surface area contributed by atoms with Gasteiger partial charge in [0, 0.05) is 23.8 Å². The van der Waals surface area contributed by atoms with Crippen LogP contribution in [-0.4, -0.2) is 21.9 Å². The summed E-state index contributed by atoms with van der Waals surface area (Å²) in [5.74, 6) is 1.32. The predicted octanol–water partition coefficient (Wildman–Crippen LogP) is 2.64. The second kappa shape index (κ2) is 5.00. The summed E-state index contributed by atoms with van der Waals surface area (Å²) < 4.78 is 0. The van der Waals surface area contributed by atoms with Crippen LogP contribution >= 0.6 is 11.6 Å². The molecular formula is C15H17ClN4O. The standard InChI is InChI=1S/C15H17ClN4O/c16-13-10-3-4-17-14(10)18-7-11(13)15(21)20-19-12-6-8-1-2-9(12)5-8/h3-4,7-9,12,19H,1-2,5-6H2,(H,17,18)(H,20,21). The molecule has 2 aliphatic rings. The molecule has 110 valence electrons. The number of amides is 1. The molecule has 6 heteroatoms. The number of nitrogens with zero attached hydrogens (tertiary/aromatic N) is 1. The number of carbonyl (C=O) groups excluding carboxylic acids is 1. The number of hydrogen-bond donors (Lipinski definition) is 3. The summed E-state index contributed by atoms with van der Waals surface area (Å²) in [6, 6.07) is 2.22. The third-order valence-electron chi connectivity index (χ3n) is 4.87. The van der Waals surface area contributed by atoms with Crippen molar-refractivity contribution < 1.29 is 4.79 Å². The lowest BCUT2D eigenvalue weighted by atomic mass is 9.96. The summed E-state index contributed by atoms with van der Waals surface area (Å²) in [4.78, 5) is 19.5. The summed E-state index contributed by atoms with van der Waals surface area (Å²) in [6.45, 7) is 0. The first-order valence-electron chi connectivity index (χ1n) is 7.40. The van der Waals surface area contributed by atoms with Crippen molar-refractivity contribution >= 4 is 28.5 Å². The Bertz CT molecular complexity index is 698. The van der Waals surface area contributed by atoms with E-state index < -0.39 is 0 Å². The highest BCUT2D eigenvalue weighted by atomic mass is 35.5. The lowest BCUT2D eigenvalue weighted by Gasteiger charge is -2.23. The number of carbonyl (C=O) groups is 1. The van der Waals surface area contributed by atoms with Crippen molar-refractivity contribution in [3.8, 4) is 0 Å². The van der Waals surface area contributed by atoms with Gasteiger partial charge in [-0.1, -0.05) is 18.0 Å². The maximum atomic E-state index is 12.3. The second-order valence-electron chi connectivity index (χ2n) is 6.11. The van der Waals surface area contributed by atoms with Gasteiger partial charge in [0.05, 0.1) is 10.6 Å². The Morgan fingerprint density at radius 1 is 1.38 bits per heavy atom. The van der Waals surface area contributed by atoms with Gasteiger partial charge in [-0.3, -0.25) is 10.2 Å². The first-order chi connectivity index (χ1) is 10.2. The van der Waals surface area contributed by atoms with E-state index in [1.165, 1.54) is 25.5 Å². The van der Waals surface area contributed by atoms with Crippen molar-refractivity contribution in [2.75, 3.05) is 0 Å². The molecular weight excluding hydrogens is 288 g/mol. The molecule has 1 amide bonds. The molecule has 2 bridgehead atoms. The number of aromatic nitrogens is 2. The van der Waals surface area contributed by atoms with E-state index >= 15 is 0 Å². The van der Waals surface area contributed by atoms with Crippen LogP contribution in [0.15, 0.2) is 18.5 Å². The minimum Gasteiger partial charge on any atom is -0.346 e. The van der Waals surface area contributed by atoms with Gasteiger partial charge in [-0.25, -0.2) is 10.4 Å². The first kappa shape index (κ1) is 13.1. The quantitative estimate of drug-likeness (QED) is 0.764. The normalized spacial score (nSPS) is 27.4. The van der Waals surface area contributed by atoms with E-state index in [0.29, 0.717) is 28.2 Å². The zero-order valence-electron chi connectivity index (χ0n) is 11.5. The van der Waals surface area contributed by atoms with Crippen molar-refractivity contribution in [2.45, 2.75) is 31.7 Å². The number of hydrogen-bond acceptors (Lipinski definition) is 3. The zero-order chi connectivity index (χ0) is 14.4. The number of rotatable bonds is 3. The Morgan fingerprint density at radius 3 is 3.05 bits per heavy atom. The van der Waals surface area contributed by atoms with Crippen molar-refractivity contribution in [2.24, 2.45) is 11.8 Å². The summed E-state index contributed by atoms with van der Waals surface area (Å²) >= 11 is 6.29. The molecule has 0 spiro atoms. The topological polar surface area (TPSA) is 69.8 Å². The number of H-pyrrole nitrogens is 1. The zero-order valence-corrected chi connectivity index (χ0v) is 12.3. The predicted molar refractivity (Wildman–Crippen MR) is 80.9 cm³/mol. The Balaban J connectivity index is 1.47. The smallest absolute Gasteiger partial charge is 0.268 e. The SMILES string of the molecule is O=C(NNC1CC2CCC1C2)c1cnc2[nH]ccc2c1Cl. The number of pyridine rings is 1. The van der Waals surface area contributed by atoms with Crippen LogP contribution in [0.25, 0.3) is 11.0 Å². The molecule has 3 unspecified atom stereocenters. The van der Waals surface area contributed by atoms with Gasteiger partial charge in [-0.05, 0) is 37.2 Å². The van der Waals surface area contributed by atoms with Gasteiger partial charge >= 0.3 is 0 Å². The Morgan fingerprint density at radius 2 is 2.29 bits per heavy atom. The van der Waals surface area contributed by atoms with Gasteiger partial charge in [-0.2, -0.15) is 0 Å². The van der Waals surface area contributed by atoms with Crippen LogP contribution in [0.5, 0.6) is 0 Å². The van der Waals surface area contributed by atoms with Gasteiger partial charge in [0.25, 0.3) is 5.91 Å². The largest absolute Gasteiger partial charge is 0.346 e. The highest BCUT2D eigenvalue weighted by Crippen LogP contribution is 2.44. The number of nitrogens with one attached hydrogen (secondary N) is 3. The van der Waals surface area contributed by atoms with Gasteiger partial charge in [0.1, 0.15) is 5.65 Å². The van der Waals surface area contributed by atoms with E-state index in [2.05, 4.69) is 20.8 Å². The molecule has 0 radical (unpaired) electrons. The van der Waals surface area contributed by atoms with Gasteiger partial charge < -0.3 is 4.98 Å². The van der Waals surface area contributed by atoms with Crippen molar-refractivity contribution in [1.82, 2.24) is 20.8 Å². The summed E-state index contributed by atoms with van der Waals surface area (Å²) in [6.07, 6.45) is 8.35.